The number of nitrogen functional groups attached to an aromatic ring is 1. The minimum atomic E-state index is 0.0101. The topological polar surface area (TPSA) is 75.1 Å². The fraction of sp³-hybridized carbons (Fsp3) is 0.448. The summed E-state index contributed by atoms with van der Waals surface area (Å²) in [5.74, 6) is 0.0101. The van der Waals surface area contributed by atoms with Crippen molar-refractivity contribution in [1.29, 1.82) is 5.41 Å². The highest BCUT2D eigenvalue weighted by molar-refractivity contribution is 5.96. The third-order valence-electron chi connectivity index (χ3n) is 7.41. The van der Waals surface area contributed by atoms with Gasteiger partial charge in [-0.2, -0.15) is 0 Å². The number of aryl methyl sites for hydroxylation is 2. The highest BCUT2D eigenvalue weighted by Gasteiger charge is 2.23. The summed E-state index contributed by atoms with van der Waals surface area (Å²) in [6.45, 7) is 8.64. The molecule has 2 unspecified atom stereocenters. The van der Waals surface area contributed by atoms with Crippen LogP contribution in [0.4, 0.5) is 0 Å². The third kappa shape index (κ3) is 5.25. The van der Waals surface area contributed by atoms with E-state index in [0.717, 1.165) is 41.4 Å². The second kappa shape index (κ2) is 10.6. The smallest absolute Gasteiger partial charge is 0.258 e. The van der Waals surface area contributed by atoms with Crippen molar-refractivity contribution in [1.82, 2.24) is 9.47 Å². The maximum Gasteiger partial charge on any atom is 0.258 e. The first-order chi connectivity index (χ1) is 16.3. The van der Waals surface area contributed by atoms with Crippen molar-refractivity contribution >= 4 is 16.7 Å². The molecule has 2 aromatic carbocycles. The van der Waals surface area contributed by atoms with Crippen LogP contribution in [0, 0.1) is 12.3 Å². The van der Waals surface area contributed by atoms with Crippen molar-refractivity contribution in [2.45, 2.75) is 77.9 Å². The molecular weight excluding hydrogens is 420 g/mol. The van der Waals surface area contributed by atoms with Crippen LogP contribution in [0.1, 0.15) is 63.5 Å². The Morgan fingerprint density at radius 3 is 2.47 bits per heavy atom. The fourth-order valence-electron chi connectivity index (χ4n) is 5.42. The summed E-state index contributed by atoms with van der Waals surface area (Å²) in [5, 5.41) is 8.83. The number of nitrogens with two attached hydrogens (primary N) is 1. The molecule has 1 aromatic heterocycles. The first-order valence-corrected chi connectivity index (χ1v) is 12.7. The van der Waals surface area contributed by atoms with Crippen LogP contribution in [-0.2, 0) is 6.54 Å². The van der Waals surface area contributed by atoms with E-state index < -0.39 is 0 Å². The van der Waals surface area contributed by atoms with Crippen molar-refractivity contribution in [2.75, 3.05) is 6.54 Å². The number of nitrogens with zero attached hydrogens (tertiary/aromatic N) is 2. The summed E-state index contributed by atoms with van der Waals surface area (Å²) < 4.78 is 1.95. The van der Waals surface area contributed by atoms with Gasteiger partial charge in [0.1, 0.15) is 5.84 Å². The molecule has 3 N–H and O–H groups in total. The number of fused-ring (bicyclic) bond motifs is 1. The summed E-state index contributed by atoms with van der Waals surface area (Å²) in [6.07, 6.45) is 7.22. The van der Waals surface area contributed by atoms with E-state index in [4.69, 9.17) is 11.1 Å². The Kier molecular flexibility index (Phi) is 7.52. The molecule has 5 nitrogen and oxygen atoms in total. The van der Waals surface area contributed by atoms with E-state index in [1.54, 1.807) is 6.07 Å². The molecular formula is C29H38N4O. The molecule has 0 spiro atoms. The average Bonchev–Trinajstić information content (AvgIpc) is 2.81. The van der Waals surface area contributed by atoms with Crippen LogP contribution in [-0.4, -0.2) is 33.9 Å². The molecule has 3 aromatic rings. The first kappa shape index (κ1) is 24.2. The number of benzene rings is 2. The van der Waals surface area contributed by atoms with Crippen LogP contribution < -0.4 is 11.3 Å². The highest BCUT2D eigenvalue weighted by Crippen LogP contribution is 2.25. The predicted molar refractivity (Wildman–Crippen MR) is 143 cm³/mol. The minimum Gasteiger partial charge on any atom is -0.384 e. The SMILES string of the molecule is Cc1ccc2cc(-c3cccc(C(=N)N)c3)c(=O)n(CCCCCN3C(C)CCCC3C)c2c1. The number of piperidine rings is 1. The van der Waals surface area contributed by atoms with Gasteiger partial charge in [-0.05, 0) is 87.7 Å². The second-order valence-electron chi connectivity index (χ2n) is 10.00. The molecule has 0 amide bonds. The van der Waals surface area contributed by atoms with Gasteiger partial charge in [0.15, 0.2) is 0 Å². The number of nitrogens with one attached hydrogen (secondary N) is 1. The lowest BCUT2D eigenvalue weighted by Crippen LogP contribution is -2.44. The number of amidine groups is 1. The molecule has 34 heavy (non-hydrogen) atoms. The third-order valence-corrected chi connectivity index (χ3v) is 7.41. The number of hydrogen-bond donors (Lipinski definition) is 2. The van der Waals surface area contributed by atoms with Gasteiger partial charge in [-0.1, -0.05) is 43.2 Å². The average molecular weight is 459 g/mol. The zero-order valence-corrected chi connectivity index (χ0v) is 20.8. The summed E-state index contributed by atoms with van der Waals surface area (Å²) in [4.78, 5) is 16.3. The monoisotopic (exact) mass is 458 g/mol. The van der Waals surface area contributed by atoms with Crippen LogP contribution in [0.3, 0.4) is 0 Å². The van der Waals surface area contributed by atoms with Gasteiger partial charge in [0.2, 0.25) is 0 Å². The van der Waals surface area contributed by atoms with Gasteiger partial charge in [0.25, 0.3) is 5.56 Å². The number of pyridine rings is 1. The van der Waals surface area contributed by atoms with Gasteiger partial charge in [-0.25, -0.2) is 0 Å². The fourth-order valence-corrected chi connectivity index (χ4v) is 5.42. The molecule has 2 heterocycles. The van der Waals surface area contributed by atoms with Crippen LogP contribution >= 0.6 is 0 Å². The van der Waals surface area contributed by atoms with Gasteiger partial charge in [-0.15, -0.1) is 0 Å². The predicted octanol–water partition coefficient (Wildman–Crippen LogP) is 5.69. The number of hydrogen-bond acceptors (Lipinski definition) is 3. The molecule has 2 atom stereocenters. The van der Waals surface area contributed by atoms with Crippen LogP contribution in [0.25, 0.3) is 22.0 Å². The quantitative estimate of drug-likeness (QED) is 0.258. The van der Waals surface area contributed by atoms with Crippen LogP contribution in [0.15, 0.2) is 53.3 Å². The summed E-state index contributed by atoms with van der Waals surface area (Å²) >= 11 is 0. The van der Waals surface area contributed by atoms with Crippen molar-refractivity contribution in [3.63, 3.8) is 0 Å². The first-order valence-electron chi connectivity index (χ1n) is 12.7. The van der Waals surface area contributed by atoms with E-state index in [0.29, 0.717) is 29.8 Å². The van der Waals surface area contributed by atoms with E-state index in [2.05, 4.69) is 43.9 Å². The standard InChI is InChI=1S/C29H38N4O/c1-20-13-14-24-19-26(23-11-8-12-25(18-23)28(30)31)29(34)33(27(24)17-20)16-6-4-5-15-32-21(2)9-7-10-22(32)3/h8,11-14,17-19,21-22H,4-7,9-10,15-16H2,1-3H3,(H3,30,31). The van der Waals surface area contributed by atoms with Gasteiger partial charge >= 0.3 is 0 Å². The van der Waals surface area contributed by atoms with Gasteiger partial charge in [-0.3, -0.25) is 15.1 Å². The molecule has 1 saturated heterocycles. The molecule has 0 aliphatic carbocycles. The zero-order valence-electron chi connectivity index (χ0n) is 20.8. The number of rotatable bonds is 8. The normalized spacial score (nSPS) is 18.9. The lowest BCUT2D eigenvalue weighted by atomic mass is 9.97. The van der Waals surface area contributed by atoms with Gasteiger partial charge in [0, 0.05) is 29.8 Å². The van der Waals surface area contributed by atoms with Crippen LogP contribution in [0.5, 0.6) is 0 Å². The molecule has 180 valence electrons. The summed E-state index contributed by atoms with van der Waals surface area (Å²) in [5.41, 5.74) is 9.97. The van der Waals surface area contributed by atoms with Crippen LogP contribution in [0.2, 0.25) is 0 Å². The Labute approximate surface area is 203 Å². The van der Waals surface area contributed by atoms with E-state index in [9.17, 15) is 4.79 Å². The Balaban J connectivity index is 1.56. The highest BCUT2D eigenvalue weighted by atomic mass is 16.1. The van der Waals surface area contributed by atoms with Crippen molar-refractivity contribution < 1.29 is 0 Å². The summed E-state index contributed by atoms with van der Waals surface area (Å²) in [6, 6.07) is 17.1. The maximum absolute atomic E-state index is 13.6. The second-order valence-corrected chi connectivity index (χ2v) is 10.00. The molecule has 0 saturated carbocycles. The van der Waals surface area contributed by atoms with Crippen molar-refractivity contribution in [3.8, 4) is 11.1 Å². The minimum absolute atomic E-state index is 0.0101. The van der Waals surface area contributed by atoms with E-state index in [1.807, 2.05) is 28.8 Å². The van der Waals surface area contributed by atoms with E-state index in [-0.39, 0.29) is 11.4 Å². The molecule has 4 rings (SSSR count). The molecule has 0 radical (unpaired) electrons. The largest absolute Gasteiger partial charge is 0.384 e. The molecule has 0 bridgehead atoms. The molecule has 1 aliphatic heterocycles. The van der Waals surface area contributed by atoms with E-state index in [1.165, 1.54) is 25.7 Å². The number of likely N-dealkylation sites (tertiary alicyclic amines) is 1. The number of unbranched alkanes of at least 4 members (excludes halogenated alkanes) is 2. The Hall–Kier alpha value is -2.92. The van der Waals surface area contributed by atoms with Gasteiger partial charge in [0.05, 0.1) is 5.52 Å². The Bertz CT molecular complexity index is 1220. The summed E-state index contributed by atoms with van der Waals surface area (Å²) in [7, 11) is 0. The van der Waals surface area contributed by atoms with E-state index >= 15 is 0 Å². The van der Waals surface area contributed by atoms with Crippen molar-refractivity contribution in [3.05, 3.63) is 70.0 Å². The lowest BCUT2D eigenvalue weighted by molar-refractivity contribution is 0.101. The van der Waals surface area contributed by atoms with Crippen molar-refractivity contribution in [2.24, 2.45) is 5.73 Å². The van der Waals surface area contributed by atoms with Gasteiger partial charge < -0.3 is 10.3 Å². The lowest BCUT2D eigenvalue weighted by Gasteiger charge is -2.39. The Morgan fingerprint density at radius 2 is 1.74 bits per heavy atom. The molecule has 5 heteroatoms. The number of aromatic nitrogens is 1. The Morgan fingerprint density at radius 1 is 1.00 bits per heavy atom. The molecule has 1 fully saturated rings. The molecule has 1 aliphatic rings. The maximum atomic E-state index is 13.6. The zero-order chi connectivity index (χ0) is 24.2.